The van der Waals surface area contributed by atoms with Gasteiger partial charge in [0, 0.05) is 17.0 Å². The van der Waals surface area contributed by atoms with Gasteiger partial charge in [-0.25, -0.2) is 4.52 Å². The van der Waals surface area contributed by atoms with Gasteiger partial charge in [0.05, 0.1) is 26.5 Å². The molecule has 0 bridgehead atoms. The van der Waals surface area contributed by atoms with Crippen LogP contribution in [0, 0.1) is 0 Å². The molecule has 4 aromatic rings. The summed E-state index contributed by atoms with van der Waals surface area (Å²) in [6.45, 7) is 2.45. The van der Waals surface area contributed by atoms with Crippen LogP contribution in [-0.4, -0.2) is 41.3 Å². The number of rotatable bonds is 8. The molecule has 8 nitrogen and oxygen atoms in total. The van der Waals surface area contributed by atoms with Crippen LogP contribution in [0.1, 0.15) is 12.5 Å². The number of hydrogen-bond acceptors (Lipinski definition) is 7. The number of fused-ring (bicyclic) bond motifs is 1. The summed E-state index contributed by atoms with van der Waals surface area (Å²) in [5.41, 5.74) is 2.67. The Bertz CT molecular complexity index is 1260. The van der Waals surface area contributed by atoms with Crippen LogP contribution in [0.4, 0.5) is 5.95 Å². The molecule has 0 spiro atoms. The second kappa shape index (κ2) is 9.52. The summed E-state index contributed by atoms with van der Waals surface area (Å²) in [4.78, 5) is 17.5. The van der Waals surface area contributed by atoms with Crippen molar-refractivity contribution in [1.29, 1.82) is 0 Å². The third-order valence-corrected chi connectivity index (χ3v) is 5.43. The van der Waals surface area contributed by atoms with Crippen molar-refractivity contribution < 1.29 is 19.0 Å². The van der Waals surface area contributed by atoms with Gasteiger partial charge in [-0.3, -0.25) is 10.1 Å². The number of hydrogen-bond donors (Lipinski definition) is 1. The van der Waals surface area contributed by atoms with Crippen LogP contribution in [0.3, 0.4) is 0 Å². The zero-order valence-electron chi connectivity index (χ0n) is 17.9. The van der Waals surface area contributed by atoms with E-state index in [1.54, 1.807) is 30.9 Å². The molecule has 4 rings (SSSR count). The molecule has 0 fully saturated rings. The van der Waals surface area contributed by atoms with Crippen molar-refractivity contribution in [1.82, 2.24) is 14.6 Å². The maximum absolute atomic E-state index is 12.4. The number of thiazole rings is 1. The minimum Gasteiger partial charge on any atom is -0.497 e. The van der Waals surface area contributed by atoms with Crippen molar-refractivity contribution in [2.24, 2.45) is 0 Å². The second-order valence-electron chi connectivity index (χ2n) is 6.65. The highest BCUT2D eigenvalue weighted by Crippen LogP contribution is 2.29. The number of methoxy groups -OCH3 is 2. The first-order valence-corrected chi connectivity index (χ1v) is 10.8. The molecule has 0 atom stereocenters. The predicted octanol–water partition coefficient (Wildman–Crippen LogP) is 4.53. The van der Waals surface area contributed by atoms with Crippen LogP contribution >= 0.6 is 11.3 Å². The Morgan fingerprint density at radius 2 is 1.94 bits per heavy atom. The van der Waals surface area contributed by atoms with Gasteiger partial charge >= 0.3 is 0 Å². The Morgan fingerprint density at radius 3 is 2.66 bits per heavy atom. The maximum atomic E-state index is 12.4. The highest BCUT2D eigenvalue weighted by atomic mass is 32.1. The number of nitrogens with one attached hydrogen (secondary N) is 1. The molecular weight excluding hydrogens is 428 g/mol. The van der Waals surface area contributed by atoms with E-state index >= 15 is 0 Å². The summed E-state index contributed by atoms with van der Waals surface area (Å²) in [6, 6.07) is 13.1. The largest absolute Gasteiger partial charge is 0.497 e. The molecule has 1 amide bonds. The van der Waals surface area contributed by atoms with Gasteiger partial charge in [-0.1, -0.05) is 6.07 Å². The molecule has 2 aromatic heterocycles. The molecule has 164 valence electrons. The topological polar surface area (TPSA) is 87.0 Å². The van der Waals surface area contributed by atoms with E-state index in [1.807, 2.05) is 48.7 Å². The highest BCUT2D eigenvalue weighted by Gasteiger charge is 2.13. The first-order chi connectivity index (χ1) is 15.6. The fourth-order valence-electron chi connectivity index (χ4n) is 3.08. The fourth-order valence-corrected chi connectivity index (χ4v) is 3.91. The Labute approximate surface area is 189 Å². The Kier molecular flexibility index (Phi) is 6.37. The smallest absolute Gasteiger partial charge is 0.250 e. The van der Waals surface area contributed by atoms with E-state index in [9.17, 15) is 4.79 Å². The molecule has 9 heteroatoms. The first kappa shape index (κ1) is 21.4. The zero-order valence-corrected chi connectivity index (χ0v) is 18.7. The van der Waals surface area contributed by atoms with E-state index < -0.39 is 0 Å². The van der Waals surface area contributed by atoms with Crippen LogP contribution in [0.2, 0.25) is 0 Å². The SMILES string of the molecule is CCOc1ccc(/C=C/C(=O)Nc2nc3scc(-c4ccc(OC)cc4)n3n2)cc1OC. The molecule has 0 saturated heterocycles. The van der Waals surface area contributed by atoms with Gasteiger partial charge in [-0.15, -0.1) is 16.4 Å². The third kappa shape index (κ3) is 4.57. The van der Waals surface area contributed by atoms with Crippen molar-refractivity contribution >= 4 is 34.2 Å². The van der Waals surface area contributed by atoms with E-state index in [1.165, 1.54) is 17.4 Å². The average molecular weight is 451 g/mol. The van der Waals surface area contributed by atoms with Gasteiger partial charge in [0.25, 0.3) is 11.9 Å². The summed E-state index contributed by atoms with van der Waals surface area (Å²) < 4.78 is 17.8. The number of amides is 1. The van der Waals surface area contributed by atoms with E-state index in [-0.39, 0.29) is 11.9 Å². The van der Waals surface area contributed by atoms with E-state index in [4.69, 9.17) is 14.2 Å². The normalized spacial score (nSPS) is 11.1. The molecule has 32 heavy (non-hydrogen) atoms. The van der Waals surface area contributed by atoms with Crippen molar-refractivity contribution in [3.05, 3.63) is 59.5 Å². The fraction of sp³-hybridized carbons (Fsp3) is 0.174. The van der Waals surface area contributed by atoms with Crippen LogP contribution in [0.15, 0.2) is 53.9 Å². The quantitative estimate of drug-likeness (QED) is 0.397. The number of benzene rings is 2. The number of nitrogens with zero attached hydrogens (tertiary/aromatic N) is 3. The number of ether oxygens (including phenoxy) is 3. The third-order valence-electron chi connectivity index (χ3n) is 4.62. The van der Waals surface area contributed by atoms with Gasteiger partial charge in [-0.05, 0) is 55.0 Å². The predicted molar refractivity (Wildman–Crippen MR) is 125 cm³/mol. The summed E-state index contributed by atoms with van der Waals surface area (Å²) in [7, 11) is 3.21. The molecule has 0 saturated carbocycles. The monoisotopic (exact) mass is 450 g/mol. The van der Waals surface area contributed by atoms with Crippen LogP contribution in [0.5, 0.6) is 17.2 Å². The van der Waals surface area contributed by atoms with Crippen LogP contribution < -0.4 is 19.5 Å². The molecule has 0 aliphatic heterocycles. The molecule has 0 aliphatic rings. The maximum Gasteiger partial charge on any atom is 0.250 e. The molecule has 0 unspecified atom stereocenters. The summed E-state index contributed by atoms with van der Waals surface area (Å²) in [5, 5.41) is 9.11. The lowest BCUT2D eigenvalue weighted by atomic mass is 10.2. The van der Waals surface area contributed by atoms with Gasteiger partial charge in [-0.2, -0.15) is 4.98 Å². The van der Waals surface area contributed by atoms with E-state index in [2.05, 4.69) is 15.4 Å². The second-order valence-corrected chi connectivity index (χ2v) is 7.48. The van der Waals surface area contributed by atoms with Crippen molar-refractivity contribution in [3.8, 4) is 28.5 Å². The first-order valence-electron chi connectivity index (χ1n) is 9.90. The minimum absolute atomic E-state index is 0.241. The summed E-state index contributed by atoms with van der Waals surface area (Å²) in [6.07, 6.45) is 3.11. The van der Waals surface area contributed by atoms with Gasteiger partial charge in [0.1, 0.15) is 5.75 Å². The van der Waals surface area contributed by atoms with E-state index in [0.717, 1.165) is 22.6 Å². The van der Waals surface area contributed by atoms with Crippen molar-refractivity contribution in [2.45, 2.75) is 6.92 Å². The van der Waals surface area contributed by atoms with Crippen LogP contribution in [0.25, 0.3) is 22.3 Å². The Morgan fingerprint density at radius 1 is 1.12 bits per heavy atom. The number of carbonyl (C=O) groups excluding carboxylic acids is 1. The number of anilines is 1. The standard InChI is InChI=1S/C23H22N4O4S/c1-4-31-19-11-5-15(13-20(19)30-3)6-12-21(28)24-22-25-23-27(26-22)18(14-32-23)16-7-9-17(29-2)10-8-16/h5-14H,4H2,1-3H3,(H,24,26,28)/b12-6+. The summed E-state index contributed by atoms with van der Waals surface area (Å²) in [5.74, 6) is 1.96. The Hall–Kier alpha value is -3.85. The lowest BCUT2D eigenvalue weighted by Gasteiger charge is -2.09. The molecular formula is C23H22N4O4S. The minimum atomic E-state index is -0.331. The lowest BCUT2D eigenvalue weighted by Crippen LogP contribution is -2.09. The molecule has 0 aliphatic carbocycles. The molecule has 0 radical (unpaired) electrons. The van der Waals surface area contributed by atoms with Crippen molar-refractivity contribution in [3.63, 3.8) is 0 Å². The van der Waals surface area contributed by atoms with Gasteiger partial charge in [0.15, 0.2) is 11.5 Å². The molecule has 2 aromatic carbocycles. The zero-order chi connectivity index (χ0) is 22.5. The average Bonchev–Trinajstić information content (AvgIpc) is 3.39. The summed E-state index contributed by atoms with van der Waals surface area (Å²) >= 11 is 1.45. The molecule has 2 heterocycles. The van der Waals surface area contributed by atoms with E-state index in [0.29, 0.717) is 23.1 Å². The highest BCUT2D eigenvalue weighted by molar-refractivity contribution is 7.15. The molecule has 1 N–H and O–H groups in total. The van der Waals surface area contributed by atoms with Gasteiger partial charge in [0.2, 0.25) is 4.96 Å². The van der Waals surface area contributed by atoms with Crippen molar-refractivity contribution in [2.75, 3.05) is 26.1 Å². The Balaban J connectivity index is 1.47. The van der Waals surface area contributed by atoms with Crippen LogP contribution in [-0.2, 0) is 4.79 Å². The number of carbonyl (C=O) groups is 1. The van der Waals surface area contributed by atoms with Gasteiger partial charge < -0.3 is 14.2 Å². The lowest BCUT2D eigenvalue weighted by molar-refractivity contribution is -0.111. The number of aromatic nitrogens is 3.